The van der Waals surface area contributed by atoms with Crippen LogP contribution in [0.5, 0.6) is 0 Å². The van der Waals surface area contributed by atoms with Gasteiger partial charge >= 0.3 is 0 Å². The molecule has 18 heavy (non-hydrogen) atoms. The Morgan fingerprint density at radius 1 is 0.889 bits per heavy atom. The zero-order valence-corrected chi connectivity index (χ0v) is 13.4. The van der Waals surface area contributed by atoms with Gasteiger partial charge in [0.05, 0.1) is 0 Å². The summed E-state index contributed by atoms with van der Waals surface area (Å²) in [5.41, 5.74) is 4.11. The van der Waals surface area contributed by atoms with Crippen molar-refractivity contribution in [2.75, 3.05) is 0 Å². The minimum atomic E-state index is 0. The van der Waals surface area contributed by atoms with Gasteiger partial charge in [0.2, 0.25) is 0 Å². The SMILES string of the molecule is [C-](=C1CC1Cc1ccccc1)c1ccccc1.[Zn]. The van der Waals surface area contributed by atoms with E-state index in [4.69, 9.17) is 0 Å². The second-order valence-electron chi connectivity index (χ2n) is 4.61. The molecule has 1 fully saturated rings. The van der Waals surface area contributed by atoms with Crippen LogP contribution in [-0.4, -0.2) is 0 Å². The Hall–Kier alpha value is -1.20. The molecule has 2 aromatic rings. The van der Waals surface area contributed by atoms with Gasteiger partial charge in [-0.15, -0.1) is 17.7 Å². The maximum absolute atomic E-state index is 3.50. The Morgan fingerprint density at radius 3 is 2.17 bits per heavy atom. The van der Waals surface area contributed by atoms with Crippen LogP contribution in [0.1, 0.15) is 17.5 Å². The smallest absolute Gasteiger partial charge is 0 e. The average Bonchev–Trinajstić information content (AvgIpc) is 3.10. The summed E-state index contributed by atoms with van der Waals surface area (Å²) in [4.78, 5) is 0. The van der Waals surface area contributed by atoms with E-state index in [0.29, 0.717) is 0 Å². The van der Waals surface area contributed by atoms with Gasteiger partial charge in [0.15, 0.2) is 0 Å². The molecule has 2 aromatic carbocycles. The van der Waals surface area contributed by atoms with Gasteiger partial charge in [-0.2, -0.15) is 23.8 Å². The maximum Gasteiger partial charge on any atom is 0 e. The minimum absolute atomic E-state index is 0. The summed E-state index contributed by atoms with van der Waals surface area (Å²) in [6.45, 7) is 0. The molecule has 1 heteroatoms. The van der Waals surface area contributed by atoms with Crippen LogP contribution in [0.4, 0.5) is 0 Å². The number of rotatable bonds is 3. The minimum Gasteiger partial charge on any atom is -0.193 e. The van der Waals surface area contributed by atoms with E-state index in [1.54, 1.807) is 0 Å². The number of hydrogen-bond acceptors (Lipinski definition) is 0. The first-order valence-corrected chi connectivity index (χ1v) is 6.13. The molecule has 1 unspecified atom stereocenters. The van der Waals surface area contributed by atoms with E-state index in [1.165, 1.54) is 23.1 Å². The predicted molar refractivity (Wildman–Crippen MR) is 70.6 cm³/mol. The van der Waals surface area contributed by atoms with E-state index in [-0.39, 0.29) is 19.5 Å². The van der Waals surface area contributed by atoms with Gasteiger partial charge in [-0.05, 0) is 24.3 Å². The molecule has 0 radical (unpaired) electrons. The number of hydrogen-bond donors (Lipinski definition) is 0. The third kappa shape index (κ3) is 3.40. The molecule has 0 nitrogen and oxygen atoms in total. The van der Waals surface area contributed by atoms with E-state index in [9.17, 15) is 0 Å². The van der Waals surface area contributed by atoms with Crippen LogP contribution in [0, 0.1) is 12.0 Å². The van der Waals surface area contributed by atoms with E-state index < -0.39 is 0 Å². The molecule has 0 aliphatic heterocycles. The van der Waals surface area contributed by atoms with Crippen molar-refractivity contribution in [2.24, 2.45) is 5.92 Å². The summed E-state index contributed by atoms with van der Waals surface area (Å²) < 4.78 is 0. The van der Waals surface area contributed by atoms with E-state index in [2.05, 4.69) is 60.7 Å². The summed E-state index contributed by atoms with van der Waals surface area (Å²) in [6.07, 6.45) is 5.88. The molecule has 0 aromatic heterocycles. The second-order valence-corrected chi connectivity index (χ2v) is 4.61. The number of benzene rings is 2. The molecule has 0 saturated heterocycles. The maximum atomic E-state index is 3.50. The van der Waals surface area contributed by atoms with Crippen LogP contribution in [0.3, 0.4) is 0 Å². The molecule has 86 valence electrons. The molecule has 0 N–H and O–H groups in total. The summed E-state index contributed by atoms with van der Waals surface area (Å²) in [6, 6.07) is 21.1. The normalized spacial score (nSPS) is 19.3. The quantitative estimate of drug-likeness (QED) is 0.590. The first kappa shape index (κ1) is 13.2. The van der Waals surface area contributed by atoms with Gasteiger partial charge in [-0.1, -0.05) is 36.4 Å². The Morgan fingerprint density at radius 2 is 1.50 bits per heavy atom. The molecule has 1 aliphatic rings. The first-order valence-electron chi connectivity index (χ1n) is 6.13. The first-order chi connectivity index (χ1) is 8.42. The summed E-state index contributed by atoms with van der Waals surface area (Å²) in [7, 11) is 0. The van der Waals surface area contributed by atoms with Crippen LogP contribution in [0.2, 0.25) is 0 Å². The van der Waals surface area contributed by atoms with Crippen molar-refractivity contribution in [1.82, 2.24) is 0 Å². The number of allylic oxidation sites excluding steroid dienone is 1. The molecule has 1 saturated carbocycles. The van der Waals surface area contributed by atoms with Crippen LogP contribution in [0.15, 0.2) is 66.2 Å². The fraction of sp³-hybridized carbons (Fsp3) is 0.176. The van der Waals surface area contributed by atoms with E-state index >= 15 is 0 Å². The monoisotopic (exact) mass is 283 g/mol. The van der Waals surface area contributed by atoms with Gasteiger partial charge in [0.1, 0.15) is 0 Å². The molecule has 0 amide bonds. The van der Waals surface area contributed by atoms with Crippen molar-refractivity contribution in [1.29, 1.82) is 0 Å². The van der Waals surface area contributed by atoms with Gasteiger partial charge in [0, 0.05) is 19.5 Å². The molecular formula is C17H15Zn-. The molecule has 0 bridgehead atoms. The van der Waals surface area contributed by atoms with Crippen molar-refractivity contribution in [3.05, 3.63) is 83.4 Å². The van der Waals surface area contributed by atoms with Gasteiger partial charge in [-0.3, -0.25) is 0 Å². The van der Waals surface area contributed by atoms with Gasteiger partial charge < -0.3 is 0 Å². The van der Waals surface area contributed by atoms with Crippen LogP contribution in [0.25, 0.3) is 0 Å². The zero-order chi connectivity index (χ0) is 11.5. The molecule has 0 heterocycles. The topological polar surface area (TPSA) is 0 Å². The van der Waals surface area contributed by atoms with Crippen molar-refractivity contribution in [3.63, 3.8) is 0 Å². The Bertz CT molecular complexity index is 514. The standard InChI is InChI=1S/C17H15.Zn/c1-3-7-14(8-4-1)11-16-13-17(16)12-15-9-5-2-6-10-15;/h1-10,16H,11,13H2;/q-1;. The molecule has 1 atom stereocenters. The predicted octanol–water partition coefficient (Wildman–Crippen LogP) is 4.02. The second kappa shape index (κ2) is 6.11. The van der Waals surface area contributed by atoms with Gasteiger partial charge in [-0.25, -0.2) is 0 Å². The third-order valence-electron chi connectivity index (χ3n) is 3.20. The Labute approximate surface area is 122 Å². The Balaban J connectivity index is 0.00000120. The summed E-state index contributed by atoms with van der Waals surface area (Å²) in [5.74, 6) is 0.720. The molecule has 0 spiro atoms. The van der Waals surface area contributed by atoms with Crippen molar-refractivity contribution in [3.8, 4) is 0 Å². The zero-order valence-electron chi connectivity index (χ0n) is 10.5. The summed E-state index contributed by atoms with van der Waals surface area (Å²) in [5, 5.41) is 0. The molecule has 3 rings (SSSR count). The van der Waals surface area contributed by atoms with Crippen LogP contribution >= 0.6 is 0 Å². The fourth-order valence-electron chi connectivity index (χ4n) is 2.16. The third-order valence-corrected chi connectivity index (χ3v) is 3.20. The van der Waals surface area contributed by atoms with Gasteiger partial charge in [0.25, 0.3) is 0 Å². The van der Waals surface area contributed by atoms with E-state index in [1.807, 2.05) is 6.07 Å². The fourth-order valence-corrected chi connectivity index (χ4v) is 2.16. The van der Waals surface area contributed by atoms with Crippen LogP contribution < -0.4 is 0 Å². The van der Waals surface area contributed by atoms with Crippen molar-refractivity contribution in [2.45, 2.75) is 12.8 Å². The van der Waals surface area contributed by atoms with Crippen molar-refractivity contribution >= 4 is 0 Å². The summed E-state index contributed by atoms with van der Waals surface area (Å²) >= 11 is 0. The Kier molecular flexibility index (Phi) is 4.50. The largest absolute Gasteiger partial charge is 0.193 e. The molecule has 1 aliphatic carbocycles. The van der Waals surface area contributed by atoms with E-state index in [0.717, 1.165) is 12.3 Å². The molecular weight excluding hydrogens is 270 g/mol. The average molecular weight is 285 g/mol. The van der Waals surface area contributed by atoms with Crippen LogP contribution in [-0.2, 0) is 25.9 Å². The van der Waals surface area contributed by atoms with Crippen molar-refractivity contribution < 1.29 is 19.5 Å².